The van der Waals surface area contributed by atoms with Crippen LogP contribution in [0.15, 0.2) is 23.1 Å². The van der Waals surface area contributed by atoms with Gasteiger partial charge in [-0.2, -0.15) is 0 Å². The van der Waals surface area contributed by atoms with Gasteiger partial charge in [-0.05, 0) is 58.1 Å². The molecule has 0 aromatic heterocycles. The Bertz CT molecular complexity index is 510. The van der Waals surface area contributed by atoms with Crippen LogP contribution >= 0.6 is 35.8 Å². The van der Waals surface area contributed by atoms with E-state index in [2.05, 4.69) is 47.8 Å². The van der Waals surface area contributed by atoms with Crippen molar-refractivity contribution in [2.45, 2.75) is 54.7 Å². The maximum atomic E-state index is 6.29. The smallest absolute Gasteiger partial charge is 0.0522 e. The summed E-state index contributed by atoms with van der Waals surface area (Å²) in [5.74, 6) is 0. The molecule has 3 rings (SSSR count). The van der Waals surface area contributed by atoms with Crippen LogP contribution in [0.1, 0.15) is 38.5 Å². The van der Waals surface area contributed by atoms with Gasteiger partial charge in [0.25, 0.3) is 0 Å². The Labute approximate surface area is 156 Å². The van der Waals surface area contributed by atoms with Crippen molar-refractivity contribution >= 4 is 41.5 Å². The molecule has 0 saturated heterocycles. The van der Waals surface area contributed by atoms with Crippen LogP contribution in [0.4, 0.5) is 5.69 Å². The van der Waals surface area contributed by atoms with Gasteiger partial charge in [-0.3, -0.25) is 0 Å². The van der Waals surface area contributed by atoms with Gasteiger partial charge in [0.2, 0.25) is 0 Å². The van der Waals surface area contributed by atoms with E-state index in [9.17, 15) is 0 Å². The van der Waals surface area contributed by atoms with Crippen molar-refractivity contribution < 1.29 is 0 Å². The first-order valence-corrected chi connectivity index (χ1v) is 9.78. The summed E-state index contributed by atoms with van der Waals surface area (Å²) in [5, 5.41) is 1.62. The molecule has 130 valence electrons. The van der Waals surface area contributed by atoms with Gasteiger partial charge in [-0.1, -0.05) is 30.9 Å². The van der Waals surface area contributed by atoms with E-state index in [0.29, 0.717) is 6.04 Å². The van der Waals surface area contributed by atoms with Crippen LogP contribution in [0.25, 0.3) is 0 Å². The number of anilines is 1. The summed E-state index contributed by atoms with van der Waals surface area (Å²) in [6.07, 6.45) is 8.08. The van der Waals surface area contributed by atoms with Crippen molar-refractivity contribution in [3.63, 3.8) is 0 Å². The van der Waals surface area contributed by atoms with E-state index in [1.54, 1.807) is 0 Å². The van der Waals surface area contributed by atoms with Crippen LogP contribution in [0.2, 0.25) is 5.02 Å². The van der Waals surface area contributed by atoms with Crippen molar-refractivity contribution in [1.29, 1.82) is 0 Å². The number of halogens is 2. The molecule has 5 heteroatoms. The predicted octanol–water partition coefficient (Wildman–Crippen LogP) is 5.33. The summed E-state index contributed by atoms with van der Waals surface area (Å²) in [7, 11) is 4.32. The van der Waals surface area contributed by atoms with Crippen molar-refractivity contribution in [2.24, 2.45) is 0 Å². The fraction of sp³-hybridized carbons (Fsp3) is 0.667. The number of hydrogen-bond acceptors (Lipinski definition) is 3. The fourth-order valence-electron chi connectivity index (χ4n) is 3.75. The van der Waals surface area contributed by atoms with Crippen LogP contribution < -0.4 is 4.90 Å². The zero-order valence-electron chi connectivity index (χ0n) is 14.1. The lowest BCUT2D eigenvalue weighted by Crippen LogP contribution is -2.45. The Morgan fingerprint density at radius 2 is 2.00 bits per heavy atom. The molecule has 0 radical (unpaired) electrons. The molecular weight excluding hydrogens is 347 g/mol. The molecule has 1 fully saturated rings. The van der Waals surface area contributed by atoms with Crippen LogP contribution in [-0.2, 0) is 0 Å². The standard InChI is InChI=1S/C18H27ClN2S.ClH/c1-20(2)11-6-12-21-15-7-4-3-5-8-17(15)22-18-10-9-14(19)13-16(18)21;/h9-10,13,15,17H,3-8,11-12H2,1-2H3;1H. The van der Waals surface area contributed by atoms with E-state index >= 15 is 0 Å². The van der Waals surface area contributed by atoms with E-state index in [-0.39, 0.29) is 12.4 Å². The highest BCUT2D eigenvalue weighted by Gasteiger charge is 2.35. The fourth-order valence-corrected chi connectivity index (χ4v) is 5.41. The molecule has 0 amide bonds. The molecule has 23 heavy (non-hydrogen) atoms. The third kappa shape index (κ3) is 4.72. The molecule has 0 bridgehead atoms. The van der Waals surface area contributed by atoms with Gasteiger partial charge in [-0.25, -0.2) is 0 Å². The first kappa shape index (κ1) is 19.2. The Balaban J connectivity index is 0.00000192. The summed E-state index contributed by atoms with van der Waals surface area (Å²) in [6, 6.07) is 7.14. The van der Waals surface area contributed by atoms with Crippen LogP contribution in [-0.4, -0.2) is 43.4 Å². The Morgan fingerprint density at radius 3 is 2.78 bits per heavy atom. The monoisotopic (exact) mass is 374 g/mol. The minimum absolute atomic E-state index is 0. The summed E-state index contributed by atoms with van der Waals surface area (Å²) in [6.45, 7) is 2.30. The van der Waals surface area contributed by atoms with Gasteiger partial charge < -0.3 is 9.80 Å². The topological polar surface area (TPSA) is 6.48 Å². The van der Waals surface area contributed by atoms with Crippen LogP contribution in [0.3, 0.4) is 0 Å². The zero-order chi connectivity index (χ0) is 15.5. The highest BCUT2D eigenvalue weighted by atomic mass is 35.5. The first-order valence-electron chi connectivity index (χ1n) is 8.53. The van der Waals surface area contributed by atoms with E-state index in [1.807, 2.05) is 6.07 Å². The van der Waals surface area contributed by atoms with Crippen molar-refractivity contribution in [2.75, 3.05) is 32.1 Å². The average Bonchev–Trinajstić information content (AvgIpc) is 2.72. The lowest BCUT2D eigenvalue weighted by molar-refractivity contribution is 0.393. The van der Waals surface area contributed by atoms with Gasteiger partial charge >= 0.3 is 0 Å². The summed E-state index contributed by atoms with van der Waals surface area (Å²) in [4.78, 5) is 6.39. The lowest BCUT2D eigenvalue weighted by Gasteiger charge is -2.43. The van der Waals surface area contributed by atoms with Crippen LogP contribution in [0.5, 0.6) is 0 Å². The molecule has 1 aliphatic carbocycles. The van der Waals surface area contributed by atoms with Gasteiger partial charge in [0, 0.05) is 27.8 Å². The maximum absolute atomic E-state index is 6.29. The molecule has 1 heterocycles. The van der Waals surface area contributed by atoms with E-state index in [0.717, 1.165) is 23.4 Å². The average molecular weight is 375 g/mol. The van der Waals surface area contributed by atoms with Crippen molar-refractivity contribution in [1.82, 2.24) is 4.90 Å². The lowest BCUT2D eigenvalue weighted by atomic mass is 10.0. The second-order valence-electron chi connectivity index (χ2n) is 6.82. The SMILES string of the molecule is CN(C)CCCN1c2cc(Cl)ccc2SC2CCCCCC21.Cl. The molecular formula is C18H28Cl2N2S. The number of thioether (sulfide) groups is 1. The Morgan fingerprint density at radius 1 is 1.22 bits per heavy atom. The van der Waals surface area contributed by atoms with Gasteiger partial charge in [0.1, 0.15) is 0 Å². The highest BCUT2D eigenvalue weighted by Crippen LogP contribution is 2.46. The normalized spacial score (nSPS) is 23.7. The van der Waals surface area contributed by atoms with Gasteiger partial charge in [0.15, 0.2) is 0 Å². The summed E-state index contributed by atoms with van der Waals surface area (Å²) >= 11 is 8.39. The molecule has 1 aromatic rings. The molecule has 2 nitrogen and oxygen atoms in total. The quantitative estimate of drug-likeness (QED) is 0.703. The molecule has 1 saturated carbocycles. The first-order chi connectivity index (χ1) is 10.6. The Hall–Kier alpha value is -0.0900. The van der Waals surface area contributed by atoms with Crippen molar-refractivity contribution in [3.8, 4) is 0 Å². The molecule has 1 aliphatic heterocycles. The number of nitrogens with zero attached hydrogens (tertiary/aromatic N) is 2. The molecule has 1 aromatic carbocycles. The van der Waals surface area contributed by atoms with Gasteiger partial charge in [-0.15, -0.1) is 24.2 Å². The molecule has 0 spiro atoms. The minimum Gasteiger partial charge on any atom is -0.366 e. The highest BCUT2D eigenvalue weighted by molar-refractivity contribution is 8.00. The van der Waals surface area contributed by atoms with Gasteiger partial charge in [0.05, 0.1) is 5.69 Å². The number of fused-ring (bicyclic) bond motifs is 2. The summed E-state index contributed by atoms with van der Waals surface area (Å²) < 4.78 is 0. The maximum Gasteiger partial charge on any atom is 0.0522 e. The third-order valence-corrected chi connectivity index (χ3v) is 6.52. The van der Waals surface area contributed by atoms with E-state index in [4.69, 9.17) is 11.6 Å². The van der Waals surface area contributed by atoms with E-state index < -0.39 is 0 Å². The predicted molar refractivity (Wildman–Crippen MR) is 106 cm³/mol. The second-order valence-corrected chi connectivity index (χ2v) is 8.54. The van der Waals surface area contributed by atoms with Crippen LogP contribution in [0, 0.1) is 0 Å². The van der Waals surface area contributed by atoms with E-state index in [1.165, 1.54) is 49.1 Å². The second kappa shape index (κ2) is 8.84. The molecule has 0 N–H and O–H groups in total. The largest absolute Gasteiger partial charge is 0.366 e. The zero-order valence-corrected chi connectivity index (χ0v) is 16.5. The molecule has 2 atom stereocenters. The summed E-state index contributed by atoms with van der Waals surface area (Å²) in [5.41, 5.74) is 1.37. The number of benzene rings is 1. The Kier molecular flexibility index (Phi) is 7.40. The minimum atomic E-state index is 0. The third-order valence-electron chi connectivity index (χ3n) is 4.83. The number of hydrogen-bond donors (Lipinski definition) is 0. The molecule has 2 aliphatic rings. The van der Waals surface area contributed by atoms with Crippen molar-refractivity contribution in [3.05, 3.63) is 23.2 Å². The molecule has 2 unspecified atom stereocenters. The number of rotatable bonds is 4.